The summed E-state index contributed by atoms with van der Waals surface area (Å²) in [5.41, 5.74) is 22.7. The van der Waals surface area contributed by atoms with E-state index in [0.717, 1.165) is 139 Å². The zero-order chi connectivity index (χ0) is 38.9. The fourth-order valence-corrected chi connectivity index (χ4v) is 13.1. The predicted octanol–water partition coefficient (Wildman–Crippen LogP) is 10.9. The number of hydrogen-bond donors (Lipinski definition) is 0. The Morgan fingerprint density at radius 1 is 0.741 bits per heavy atom. The third kappa shape index (κ3) is 7.15. The molecule has 58 heavy (non-hydrogen) atoms. The van der Waals surface area contributed by atoms with E-state index in [-0.39, 0.29) is 0 Å². The molecule has 2 fully saturated rings. The number of hydrogen-bond acceptors (Lipinski definition) is 3. The van der Waals surface area contributed by atoms with Crippen molar-refractivity contribution in [3.05, 3.63) is 131 Å². The zero-order valence-electron chi connectivity index (χ0n) is 34.0. The van der Waals surface area contributed by atoms with Crippen LogP contribution >= 0.6 is 0 Å². The van der Waals surface area contributed by atoms with Gasteiger partial charge in [0.1, 0.15) is 0 Å². The Balaban J connectivity index is 1.04. The van der Waals surface area contributed by atoms with Crippen molar-refractivity contribution in [1.29, 1.82) is 0 Å². The number of allylic oxidation sites excluding steroid dienone is 11. The molecular formula is C52H55N2O2Pb2+. The average molecular weight is 1150 g/mol. The van der Waals surface area contributed by atoms with Crippen LogP contribution in [0.4, 0.5) is 11.4 Å². The molecule has 5 heterocycles. The quantitative estimate of drug-likeness (QED) is 0.128. The number of ether oxygens (including phenoxy) is 1. The van der Waals surface area contributed by atoms with Crippen LogP contribution in [0.2, 0.25) is 3.98 Å². The number of benzene rings is 3. The average Bonchev–Trinajstić information content (AvgIpc) is 4.18. The number of fused-ring (bicyclic) bond motifs is 2. The third-order valence-corrected chi connectivity index (χ3v) is 16.0. The van der Waals surface area contributed by atoms with Gasteiger partial charge < -0.3 is 0 Å². The molecule has 3 aromatic rings. The van der Waals surface area contributed by atoms with Crippen molar-refractivity contribution < 1.29 is 9.84 Å². The van der Waals surface area contributed by atoms with Crippen molar-refractivity contribution in [2.24, 2.45) is 0 Å². The van der Waals surface area contributed by atoms with Crippen LogP contribution in [0.15, 0.2) is 81.3 Å². The minimum absolute atomic E-state index is 0.730. The molecule has 5 aliphatic heterocycles. The van der Waals surface area contributed by atoms with E-state index in [1.54, 1.807) is 11.1 Å². The second kappa shape index (κ2) is 15.9. The Labute approximate surface area is 377 Å². The van der Waals surface area contributed by atoms with E-state index < -0.39 is 0 Å². The molecule has 6 radical (unpaired) electrons. The van der Waals surface area contributed by atoms with Gasteiger partial charge in [-0.05, 0) is 0 Å². The van der Waals surface area contributed by atoms with E-state index in [0.29, 0.717) is 0 Å². The van der Waals surface area contributed by atoms with Crippen LogP contribution in [0, 0.1) is 0 Å². The summed E-state index contributed by atoms with van der Waals surface area (Å²) in [6.45, 7) is 4.66. The van der Waals surface area contributed by atoms with Crippen LogP contribution in [0.3, 0.4) is 0 Å². The number of rotatable bonds is 8. The number of nitrogens with zero attached hydrogens (tertiary/aromatic N) is 2. The van der Waals surface area contributed by atoms with Gasteiger partial charge in [-0.15, -0.1) is 0 Å². The molecular weight excluding hydrogens is 1100 g/mol. The molecule has 0 aromatic heterocycles. The summed E-state index contributed by atoms with van der Waals surface area (Å²) in [5, 5.41) is 9.56. The fourth-order valence-electron chi connectivity index (χ4n) is 11.3. The molecule has 0 saturated heterocycles. The Morgan fingerprint density at radius 2 is 1.40 bits per heavy atom. The first-order chi connectivity index (χ1) is 28.5. The van der Waals surface area contributed by atoms with Crippen LogP contribution in [0.1, 0.15) is 133 Å². The van der Waals surface area contributed by atoms with E-state index in [1.807, 2.05) is 0 Å². The summed E-state index contributed by atoms with van der Waals surface area (Å²) < 4.78 is 8.91. The molecule has 4 nitrogen and oxygen atoms in total. The van der Waals surface area contributed by atoms with Crippen molar-refractivity contribution in [2.45, 2.75) is 112 Å². The standard InChI is InChI=1S/C52H54N2O2.2Pb/c1-2-33(46-31-39-10-4-23-53-25-6-12-44(49(39)53)51(46)55)14-20-37-8-3-9-38(48(37)43-29-41(34-15-16-34)28-42(30-43)35-17-18-35)21-19-36-22-27-56-52-45-13-7-26-54-24-5-11-40(50(45)54)32-47(36)52;;/h2,14,19-22,28-32,34-35,55H,1,3-13,15-18,23-26H2;;/p+1/b20-14+,33-2-,36-19+,38-21+;;. The summed E-state index contributed by atoms with van der Waals surface area (Å²) in [7, 11) is 0. The van der Waals surface area contributed by atoms with Crippen molar-refractivity contribution >= 4 is 79.6 Å². The maximum absolute atomic E-state index is 9.56. The van der Waals surface area contributed by atoms with Crippen LogP contribution in [0.5, 0.6) is 11.5 Å². The van der Waals surface area contributed by atoms with Crippen molar-refractivity contribution in [2.75, 3.05) is 36.0 Å². The van der Waals surface area contributed by atoms with Crippen LogP contribution < -0.4 is 14.5 Å². The fraction of sp³-hybridized carbons (Fsp3) is 0.423. The predicted molar refractivity (Wildman–Crippen MR) is 243 cm³/mol. The van der Waals surface area contributed by atoms with E-state index >= 15 is 0 Å². The Kier molecular flexibility index (Phi) is 10.4. The van der Waals surface area contributed by atoms with Gasteiger partial charge in [0.05, 0.1) is 0 Å². The molecule has 0 atom stereocenters. The van der Waals surface area contributed by atoms with Crippen molar-refractivity contribution in [3.63, 3.8) is 0 Å². The van der Waals surface area contributed by atoms with Gasteiger partial charge in [0.25, 0.3) is 0 Å². The molecule has 11 rings (SSSR count). The van der Waals surface area contributed by atoms with Gasteiger partial charge in [0.15, 0.2) is 0 Å². The Bertz CT molecular complexity index is 2370. The molecule has 0 unspecified atom stereocenters. The first-order valence-corrected chi connectivity index (χ1v) is 27.2. The molecule has 0 spiro atoms. The summed E-state index contributed by atoms with van der Waals surface area (Å²) >= 11 is 2.02. The minimum atomic E-state index is 0.730. The van der Waals surface area contributed by atoms with Gasteiger partial charge in [-0.25, -0.2) is 0 Å². The second-order valence-electron chi connectivity index (χ2n) is 18.2. The molecule has 8 aliphatic rings. The molecule has 0 amide bonds. The molecule has 292 valence electrons. The van der Waals surface area contributed by atoms with Crippen LogP contribution in [-0.2, 0) is 25.7 Å². The van der Waals surface area contributed by atoms with E-state index in [2.05, 4.69) is 76.6 Å². The maximum atomic E-state index is 9.56. The van der Waals surface area contributed by atoms with E-state index in [9.17, 15) is 5.11 Å². The monoisotopic (exact) mass is 1160 g/mol. The topological polar surface area (TPSA) is 38.6 Å². The third-order valence-electron chi connectivity index (χ3n) is 14.3. The zero-order valence-corrected chi connectivity index (χ0v) is 41.7. The molecule has 0 bridgehead atoms. The normalized spacial score (nSPS) is 22.9. The first kappa shape index (κ1) is 38.1. The Hall–Kier alpha value is -2.86. The summed E-state index contributed by atoms with van der Waals surface area (Å²) in [6, 6.07) is 12.6. The molecule has 6 heteroatoms. The van der Waals surface area contributed by atoms with E-state index in [4.69, 9.17) is 4.74 Å². The SMILES string of the molecule is [OH2+]c1c(C(=C\[CH2][Pb])/C=C/C2=C(c3cc(C4CC4)cc(C4CC4)c3)C(=C/C=C3\C=[C]([Pb])Oc4c3cc3c5c4CCCN5CCC3)/CCC2)cc2c3c1CCCN3CCC2. The first-order valence-electron chi connectivity index (χ1n) is 22.5. The summed E-state index contributed by atoms with van der Waals surface area (Å²) in [6.07, 6.45) is 32.6. The molecule has 3 aromatic carbocycles. The van der Waals surface area contributed by atoms with E-state index in [1.165, 1.54) is 143 Å². The summed E-state index contributed by atoms with van der Waals surface area (Å²) in [5.74, 6) is 3.38. The molecule has 3 aliphatic carbocycles. The summed E-state index contributed by atoms with van der Waals surface area (Å²) in [4.78, 5) is 5.22. The van der Waals surface area contributed by atoms with Gasteiger partial charge in [-0.2, -0.15) is 0 Å². The second-order valence-corrected chi connectivity index (χ2v) is 21.7. The number of anilines is 2. The van der Waals surface area contributed by atoms with Gasteiger partial charge >= 0.3 is 380 Å². The van der Waals surface area contributed by atoms with Crippen LogP contribution in [0.25, 0.3) is 16.7 Å². The van der Waals surface area contributed by atoms with Crippen LogP contribution in [-0.4, -0.2) is 82.8 Å². The van der Waals surface area contributed by atoms with Gasteiger partial charge in [-0.1, -0.05) is 0 Å². The Morgan fingerprint density at radius 3 is 2.09 bits per heavy atom. The molecule has 2 N–H and O–H groups in total. The molecule has 2 saturated carbocycles. The van der Waals surface area contributed by atoms with Gasteiger partial charge in [0.2, 0.25) is 0 Å². The van der Waals surface area contributed by atoms with Crippen molar-refractivity contribution in [1.82, 2.24) is 0 Å². The van der Waals surface area contributed by atoms with Gasteiger partial charge in [0, 0.05) is 0 Å². The van der Waals surface area contributed by atoms with Crippen molar-refractivity contribution in [3.8, 4) is 11.5 Å². The number of aryl methyl sites for hydroxylation is 2. The van der Waals surface area contributed by atoms with Gasteiger partial charge in [-0.3, -0.25) is 0 Å².